The van der Waals surface area contributed by atoms with Gasteiger partial charge in [0, 0.05) is 5.56 Å². The van der Waals surface area contributed by atoms with Crippen LogP contribution in [0, 0.1) is 11.6 Å². The van der Waals surface area contributed by atoms with Crippen molar-refractivity contribution >= 4 is 32.8 Å². The predicted octanol–water partition coefficient (Wildman–Crippen LogP) is 4.77. The molecule has 0 radical (unpaired) electrons. The fourth-order valence-electron chi connectivity index (χ4n) is 1.62. The van der Waals surface area contributed by atoms with Crippen molar-refractivity contribution in [3.05, 3.63) is 58.1 Å². The number of rotatable bonds is 2. The highest BCUT2D eigenvalue weighted by Gasteiger charge is 2.14. The van der Waals surface area contributed by atoms with Crippen LogP contribution in [0.3, 0.4) is 0 Å². The number of benzene rings is 2. The molecule has 0 N–H and O–H groups in total. The van der Waals surface area contributed by atoms with E-state index >= 15 is 0 Å². The molecule has 0 amide bonds. The molecule has 0 fully saturated rings. The van der Waals surface area contributed by atoms with Crippen LogP contribution in [0.1, 0.15) is 10.4 Å². The van der Waals surface area contributed by atoms with Gasteiger partial charge in [-0.25, -0.2) is 8.78 Å². The summed E-state index contributed by atoms with van der Waals surface area (Å²) in [6, 6.07) is 8.67. The van der Waals surface area contributed by atoms with Gasteiger partial charge in [-0.05, 0) is 56.9 Å². The Balaban J connectivity index is 2.66. The van der Waals surface area contributed by atoms with E-state index in [1.165, 1.54) is 6.07 Å². The van der Waals surface area contributed by atoms with Crippen molar-refractivity contribution in [1.82, 2.24) is 0 Å². The Kier molecular flexibility index (Phi) is 3.78. The smallest absolute Gasteiger partial charge is 0.253 e. The van der Waals surface area contributed by atoms with Gasteiger partial charge < -0.3 is 0 Å². The van der Waals surface area contributed by atoms with Gasteiger partial charge in [0.05, 0.1) is 4.47 Å². The maximum Gasteiger partial charge on any atom is 0.253 e. The van der Waals surface area contributed by atoms with Gasteiger partial charge in [-0.1, -0.05) is 18.2 Å². The van der Waals surface area contributed by atoms with Crippen LogP contribution >= 0.6 is 27.5 Å². The average molecular weight is 332 g/mol. The number of halogens is 4. The Hall–Kier alpha value is -1.26. The molecule has 2 aromatic carbocycles. The van der Waals surface area contributed by atoms with E-state index in [0.29, 0.717) is 5.56 Å². The quantitative estimate of drug-likeness (QED) is 0.572. The molecule has 1 nitrogen and oxygen atoms in total. The zero-order valence-corrected chi connectivity index (χ0v) is 11.2. The average Bonchev–Trinajstić information content (AvgIpc) is 2.35. The SMILES string of the molecule is O=C(Cl)c1ccccc1-c1cc(F)c(Br)c(F)c1. The third-order valence-electron chi connectivity index (χ3n) is 2.43. The van der Waals surface area contributed by atoms with Gasteiger partial charge in [-0.3, -0.25) is 4.79 Å². The first kappa shape index (κ1) is 13.2. The lowest BCUT2D eigenvalue weighted by Gasteiger charge is -2.07. The molecule has 0 aliphatic rings. The van der Waals surface area contributed by atoms with Gasteiger partial charge in [-0.2, -0.15) is 0 Å². The molecule has 0 bridgehead atoms. The minimum Gasteiger partial charge on any atom is -0.276 e. The second kappa shape index (κ2) is 5.16. The molecule has 0 aromatic heterocycles. The van der Waals surface area contributed by atoms with E-state index in [4.69, 9.17) is 11.6 Å². The number of hydrogen-bond donors (Lipinski definition) is 0. The van der Waals surface area contributed by atoms with Gasteiger partial charge in [0.25, 0.3) is 5.24 Å². The normalized spacial score (nSPS) is 10.4. The molecule has 0 spiro atoms. The second-order valence-electron chi connectivity index (χ2n) is 3.57. The summed E-state index contributed by atoms with van der Waals surface area (Å²) in [5, 5.41) is -0.672. The zero-order chi connectivity index (χ0) is 13.3. The summed E-state index contributed by atoms with van der Waals surface area (Å²) >= 11 is 8.22. The van der Waals surface area contributed by atoms with E-state index in [2.05, 4.69) is 15.9 Å². The molecule has 0 aliphatic carbocycles. The largest absolute Gasteiger partial charge is 0.276 e. The van der Waals surface area contributed by atoms with Crippen molar-refractivity contribution in [2.24, 2.45) is 0 Å². The first-order valence-electron chi connectivity index (χ1n) is 4.94. The topological polar surface area (TPSA) is 17.1 Å². The van der Waals surface area contributed by atoms with Crippen LogP contribution in [-0.4, -0.2) is 5.24 Å². The number of carbonyl (C=O) groups is 1. The van der Waals surface area contributed by atoms with Crippen molar-refractivity contribution in [2.45, 2.75) is 0 Å². The van der Waals surface area contributed by atoms with Crippen LogP contribution in [0.5, 0.6) is 0 Å². The van der Waals surface area contributed by atoms with Crippen molar-refractivity contribution in [3.63, 3.8) is 0 Å². The van der Waals surface area contributed by atoms with Gasteiger partial charge in [0.1, 0.15) is 11.6 Å². The zero-order valence-electron chi connectivity index (χ0n) is 8.88. The maximum atomic E-state index is 13.5. The Bertz CT molecular complexity index is 605. The van der Waals surface area contributed by atoms with Crippen LogP contribution in [0.25, 0.3) is 11.1 Å². The van der Waals surface area contributed by atoms with Crippen molar-refractivity contribution in [2.75, 3.05) is 0 Å². The monoisotopic (exact) mass is 330 g/mol. The molecule has 0 atom stereocenters. The molecule has 0 heterocycles. The van der Waals surface area contributed by atoms with E-state index in [-0.39, 0.29) is 15.6 Å². The number of hydrogen-bond acceptors (Lipinski definition) is 1. The molecule has 2 aromatic rings. The van der Waals surface area contributed by atoms with Crippen molar-refractivity contribution in [1.29, 1.82) is 0 Å². The molecule has 0 saturated heterocycles. The summed E-state index contributed by atoms with van der Waals surface area (Å²) in [7, 11) is 0. The first-order chi connectivity index (χ1) is 8.50. The predicted molar refractivity (Wildman–Crippen MR) is 69.7 cm³/mol. The van der Waals surface area contributed by atoms with Crippen LogP contribution in [0.15, 0.2) is 40.9 Å². The van der Waals surface area contributed by atoms with Gasteiger partial charge >= 0.3 is 0 Å². The summed E-state index contributed by atoms with van der Waals surface area (Å²) in [5.41, 5.74) is 0.862. The Morgan fingerprint density at radius 3 is 2.22 bits per heavy atom. The van der Waals surface area contributed by atoms with E-state index in [1.807, 2.05) is 0 Å². The lowest BCUT2D eigenvalue weighted by Crippen LogP contribution is -1.95. The van der Waals surface area contributed by atoms with Gasteiger partial charge in [0.2, 0.25) is 0 Å². The molecular weight excluding hydrogens is 325 g/mol. The molecule has 0 saturated carbocycles. The standard InChI is InChI=1S/C13H6BrClF2O/c14-12-10(16)5-7(6-11(12)17)8-3-1-2-4-9(8)13(15)18/h1-6H. The van der Waals surface area contributed by atoms with E-state index in [1.54, 1.807) is 18.2 Å². The molecule has 2 rings (SSSR count). The van der Waals surface area contributed by atoms with Crippen LogP contribution in [0.2, 0.25) is 0 Å². The summed E-state index contributed by atoms with van der Waals surface area (Å²) in [6.45, 7) is 0. The molecule has 0 aliphatic heterocycles. The third kappa shape index (κ3) is 2.44. The summed E-state index contributed by atoms with van der Waals surface area (Å²) in [6.07, 6.45) is 0. The third-order valence-corrected chi connectivity index (χ3v) is 3.39. The summed E-state index contributed by atoms with van der Waals surface area (Å²) in [5.74, 6) is -1.47. The van der Waals surface area contributed by atoms with E-state index < -0.39 is 16.9 Å². The highest BCUT2D eigenvalue weighted by Crippen LogP contribution is 2.30. The first-order valence-corrected chi connectivity index (χ1v) is 6.11. The molecule has 92 valence electrons. The lowest BCUT2D eigenvalue weighted by atomic mass is 10.0. The van der Waals surface area contributed by atoms with Crippen LogP contribution in [0.4, 0.5) is 8.78 Å². The second-order valence-corrected chi connectivity index (χ2v) is 4.71. The molecule has 18 heavy (non-hydrogen) atoms. The Labute approximate surface area is 116 Å². The highest BCUT2D eigenvalue weighted by molar-refractivity contribution is 9.10. The number of carbonyl (C=O) groups excluding carboxylic acids is 1. The van der Waals surface area contributed by atoms with E-state index in [0.717, 1.165) is 12.1 Å². The van der Waals surface area contributed by atoms with Crippen molar-refractivity contribution in [3.8, 4) is 11.1 Å². The fraction of sp³-hybridized carbons (Fsp3) is 0. The minimum absolute atomic E-state index is 0.209. The lowest BCUT2D eigenvalue weighted by molar-refractivity contribution is 0.108. The molecular formula is C13H6BrClF2O. The molecule has 5 heteroatoms. The Morgan fingerprint density at radius 2 is 1.67 bits per heavy atom. The minimum atomic E-state index is -0.734. The van der Waals surface area contributed by atoms with E-state index in [9.17, 15) is 13.6 Å². The Morgan fingerprint density at radius 1 is 1.11 bits per heavy atom. The highest BCUT2D eigenvalue weighted by atomic mass is 79.9. The van der Waals surface area contributed by atoms with Gasteiger partial charge in [0.15, 0.2) is 0 Å². The molecule has 0 unspecified atom stereocenters. The maximum absolute atomic E-state index is 13.5. The van der Waals surface area contributed by atoms with Gasteiger partial charge in [-0.15, -0.1) is 0 Å². The van der Waals surface area contributed by atoms with Crippen LogP contribution in [-0.2, 0) is 0 Å². The van der Waals surface area contributed by atoms with Crippen molar-refractivity contribution < 1.29 is 13.6 Å². The summed E-state index contributed by atoms with van der Waals surface area (Å²) in [4.78, 5) is 11.2. The fourth-order valence-corrected chi connectivity index (χ4v) is 2.01. The summed E-state index contributed by atoms with van der Waals surface area (Å²) < 4.78 is 26.7. The van der Waals surface area contributed by atoms with Crippen LogP contribution < -0.4 is 0 Å².